The fourth-order valence-electron chi connectivity index (χ4n) is 2.26. The number of ketones is 1. The Hall–Kier alpha value is -1.19. The van der Waals surface area contributed by atoms with Crippen LogP contribution in [0.4, 0.5) is 0 Å². The standard InChI is InChI=1S/C13H17NO2/c1-9-4-6-10(7-5-9)13(14)8-2-3-11(15)12(13)16/h4-7,11,15H,2-3,8,14H2,1H3/t11-,13-/m0/s1. The first kappa shape index (κ1) is 11.3. The summed E-state index contributed by atoms with van der Waals surface area (Å²) < 4.78 is 0. The lowest BCUT2D eigenvalue weighted by molar-refractivity contribution is -0.136. The summed E-state index contributed by atoms with van der Waals surface area (Å²) in [5.41, 5.74) is 7.10. The second-order valence-corrected chi connectivity index (χ2v) is 4.61. The van der Waals surface area contributed by atoms with Gasteiger partial charge in [0, 0.05) is 0 Å². The molecule has 1 aliphatic rings. The van der Waals surface area contributed by atoms with Gasteiger partial charge in [-0.05, 0) is 31.7 Å². The average molecular weight is 219 g/mol. The van der Waals surface area contributed by atoms with E-state index in [1.807, 2.05) is 31.2 Å². The number of hydrogen-bond acceptors (Lipinski definition) is 3. The van der Waals surface area contributed by atoms with E-state index in [9.17, 15) is 9.90 Å². The Labute approximate surface area is 95.3 Å². The minimum Gasteiger partial charge on any atom is -0.385 e. The van der Waals surface area contributed by atoms with Gasteiger partial charge in [0.05, 0.1) is 0 Å². The van der Waals surface area contributed by atoms with Crippen LogP contribution < -0.4 is 5.73 Å². The summed E-state index contributed by atoms with van der Waals surface area (Å²) in [6.07, 6.45) is 1.03. The van der Waals surface area contributed by atoms with E-state index in [1.54, 1.807) is 0 Å². The zero-order valence-electron chi connectivity index (χ0n) is 9.44. The third-order valence-electron chi connectivity index (χ3n) is 3.36. The molecule has 0 spiro atoms. The minimum atomic E-state index is -0.995. The molecule has 2 rings (SSSR count). The second kappa shape index (κ2) is 4.00. The van der Waals surface area contributed by atoms with Gasteiger partial charge in [-0.15, -0.1) is 0 Å². The van der Waals surface area contributed by atoms with Crippen molar-refractivity contribution in [2.24, 2.45) is 5.73 Å². The Morgan fingerprint density at radius 1 is 1.38 bits per heavy atom. The number of rotatable bonds is 1. The summed E-state index contributed by atoms with van der Waals surface area (Å²) in [4.78, 5) is 12.0. The molecule has 1 aromatic carbocycles. The molecule has 0 bridgehead atoms. The maximum atomic E-state index is 12.0. The van der Waals surface area contributed by atoms with Crippen LogP contribution in [0.2, 0.25) is 0 Å². The van der Waals surface area contributed by atoms with Crippen molar-refractivity contribution in [2.75, 3.05) is 0 Å². The van der Waals surface area contributed by atoms with E-state index in [0.717, 1.165) is 17.5 Å². The Morgan fingerprint density at radius 2 is 2.00 bits per heavy atom. The second-order valence-electron chi connectivity index (χ2n) is 4.61. The number of Topliss-reactive ketones (excluding diaryl/α,β-unsaturated/α-hetero) is 1. The maximum Gasteiger partial charge on any atom is 0.185 e. The van der Waals surface area contributed by atoms with E-state index in [2.05, 4.69) is 0 Å². The van der Waals surface area contributed by atoms with Crippen molar-refractivity contribution in [1.82, 2.24) is 0 Å². The summed E-state index contributed by atoms with van der Waals surface area (Å²) in [6, 6.07) is 7.65. The van der Waals surface area contributed by atoms with Crippen LogP contribution in [0.25, 0.3) is 0 Å². The van der Waals surface area contributed by atoms with Crippen LogP contribution in [0.3, 0.4) is 0 Å². The third kappa shape index (κ3) is 1.77. The van der Waals surface area contributed by atoms with Crippen LogP contribution >= 0.6 is 0 Å². The van der Waals surface area contributed by atoms with E-state index < -0.39 is 11.6 Å². The summed E-state index contributed by atoms with van der Waals surface area (Å²) in [5, 5.41) is 9.60. The minimum absolute atomic E-state index is 0.248. The average Bonchev–Trinajstić information content (AvgIpc) is 2.27. The van der Waals surface area contributed by atoms with Gasteiger partial charge >= 0.3 is 0 Å². The van der Waals surface area contributed by atoms with Gasteiger partial charge in [0.1, 0.15) is 11.6 Å². The lowest BCUT2D eigenvalue weighted by atomic mass is 9.75. The zero-order chi connectivity index (χ0) is 11.8. The van der Waals surface area contributed by atoms with E-state index in [0.29, 0.717) is 12.8 Å². The highest BCUT2D eigenvalue weighted by atomic mass is 16.3. The molecule has 0 saturated heterocycles. The number of hydrogen-bond donors (Lipinski definition) is 2. The van der Waals surface area contributed by atoms with Gasteiger partial charge in [0.25, 0.3) is 0 Å². The molecule has 1 fully saturated rings. The highest BCUT2D eigenvalue weighted by Gasteiger charge is 2.42. The van der Waals surface area contributed by atoms with Crippen molar-refractivity contribution in [3.63, 3.8) is 0 Å². The number of aryl methyl sites for hydroxylation is 1. The maximum absolute atomic E-state index is 12.0. The van der Waals surface area contributed by atoms with Gasteiger partial charge in [0.2, 0.25) is 0 Å². The van der Waals surface area contributed by atoms with Gasteiger partial charge in [-0.3, -0.25) is 4.79 Å². The number of aliphatic hydroxyl groups excluding tert-OH is 1. The molecule has 0 radical (unpaired) electrons. The van der Waals surface area contributed by atoms with E-state index in [4.69, 9.17) is 5.73 Å². The molecule has 3 N–H and O–H groups in total. The van der Waals surface area contributed by atoms with Crippen LogP contribution in [-0.4, -0.2) is 17.0 Å². The summed E-state index contributed by atoms with van der Waals surface area (Å²) in [7, 11) is 0. The Bertz CT molecular complexity index is 399. The van der Waals surface area contributed by atoms with E-state index in [-0.39, 0.29) is 5.78 Å². The van der Waals surface area contributed by atoms with Crippen LogP contribution in [0.1, 0.15) is 30.4 Å². The fraction of sp³-hybridized carbons (Fsp3) is 0.462. The lowest BCUT2D eigenvalue weighted by Gasteiger charge is -2.34. The molecule has 0 aromatic heterocycles. The first-order chi connectivity index (χ1) is 7.54. The molecule has 1 aromatic rings. The Morgan fingerprint density at radius 3 is 2.62 bits per heavy atom. The quantitative estimate of drug-likeness (QED) is 0.747. The van der Waals surface area contributed by atoms with Crippen molar-refractivity contribution in [3.8, 4) is 0 Å². The topological polar surface area (TPSA) is 63.3 Å². The normalized spacial score (nSPS) is 30.4. The van der Waals surface area contributed by atoms with Crippen LogP contribution in [0.5, 0.6) is 0 Å². The molecule has 16 heavy (non-hydrogen) atoms. The Balaban J connectivity index is 2.37. The highest BCUT2D eigenvalue weighted by Crippen LogP contribution is 2.32. The number of nitrogens with two attached hydrogens (primary N) is 1. The van der Waals surface area contributed by atoms with Crippen molar-refractivity contribution in [2.45, 2.75) is 37.8 Å². The number of carbonyl (C=O) groups excluding carboxylic acids is 1. The molecule has 0 aliphatic heterocycles. The molecule has 2 atom stereocenters. The predicted molar refractivity (Wildman–Crippen MR) is 61.9 cm³/mol. The van der Waals surface area contributed by atoms with Gasteiger partial charge in [0.15, 0.2) is 5.78 Å². The largest absolute Gasteiger partial charge is 0.385 e. The number of carbonyl (C=O) groups is 1. The zero-order valence-corrected chi connectivity index (χ0v) is 9.44. The molecular weight excluding hydrogens is 202 g/mol. The molecule has 1 saturated carbocycles. The number of benzene rings is 1. The van der Waals surface area contributed by atoms with E-state index >= 15 is 0 Å². The van der Waals surface area contributed by atoms with Crippen LogP contribution in [-0.2, 0) is 10.3 Å². The SMILES string of the molecule is Cc1ccc([C@@]2(N)CCC[C@H](O)C2=O)cc1. The van der Waals surface area contributed by atoms with Gasteiger partial charge in [-0.2, -0.15) is 0 Å². The molecule has 0 heterocycles. The first-order valence-corrected chi connectivity index (χ1v) is 5.62. The third-order valence-corrected chi connectivity index (χ3v) is 3.36. The summed E-state index contributed by atoms with van der Waals surface area (Å²) >= 11 is 0. The monoisotopic (exact) mass is 219 g/mol. The predicted octanol–water partition coefficient (Wildman–Crippen LogP) is 1.26. The van der Waals surface area contributed by atoms with Crippen molar-refractivity contribution in [3.05, 3.63) is 35.4 Å². The molecule has 0 unspecified atom stereocenters. The Kier molecular flexibility index (Phi) is 2.82. The number of aliphatic hydroxyl groups is 1. The van der Waals surface area contributed by atoms with Gasteiger partial charge in [-0.25, -0.2) is 0 Å². The van der Waals surface area contributed by atoms with E-state index in [1.165, 1.54) is 0 Å². The summed E-state index contributed by atoms with van der Waals surface area (Å²) in [5.74, 6) is -0.248. The summed E-state index contributed by atoms with van der Waals surface area (Å²) in [6.45, 7) is 1.99. The van der Waals surface area contributed by atoms with Gasteiger partial charge < -0.3 is 10.8 Å². The molecule has 3 nitrogen and oxygen atoms in total. The molecular formula is C13H17NO2. The molecule has 1 aliphatic carbocycles. The first-order valence-electron chi connectivity index (χ1n) is 5.62. The molecule has 3 heteroatoms. The van der Waals surface area contributed by atoms with Crippen LogP contribution in [0, 0.1) is 6.92 Å². The lowest BCUT2D eigenvalue weighted by Crippen LogP contribution is -2.52. The van der Waals surface area contributed by atoms with Crippen molar-refractivity contribution < 1.29 is 9.90 Å². The fourth-order valence-corrected chi connectivity index (χ4v) is 2.26. The smallest absolute Gasteiger partial charge is 0.185 e. The van der Waals surface area contributed by atoms with Crippen LogP contribution in [0.15, 0.2) is 24.3 Å². The highest BCUT2D eigenvalue weighted by molar-refractivity contribution is 5.93. The molecule has 86 valence electrons. The van der Waals surface area contributed by atoms with Crippen molar-refractivity contribution >= 4 is 5.78 Å². The van der Waals surface area contributed by atoms with Gasteiger partial charge in [-0.1, -0.05) is 29.8 Å². The van der Waals surface area contributed by atoms with Crippen molar-refractivity contribution in [1.29, 1.82) is 0 Å². The molecule has 0 amide bonds.